The van der Waals surface area contributed by atoms with Gasteiger partial charge in [0.15, 0.2) is 0 Å². The Labute approximate surface area is 142 Å². The molecule has 0 spiro atoms. The zero-order valence-corrected chi connectivity index (χ0v) is 14.6. The van der Waals surface area contributed by atoms with Gasteiger partial charge in [0.2, 0.25) is 0 Å². The van der Waals surface area contributed by atoms with Gasteiger partial charge in [-0.3, -0.25) is 4.79 Å². The predicted molar refractivity (Wildman–Crippen MR) is 93.9 cm³/mol. The van der Waals surface area contributed by atoms with Crippen LogP contribution in [0.2, 0.25) is 0 Å². The van der Waals surface area contributed by atoms with E-state index in [2.05, 4.69) is 16.4 Å². The Morgan fingerprint density at radius 1 is 1.39 bits per heavy atom. The fraction of sp³-hybridized carbons (Fsp3) is 0.235. The molecular formula is C17H15N3OS2. The molecule has 0 aliphatic rings. The van der Waals surface area contributed by atoms with Crippen molar-refractivity contribution >= 4 is 38.7 Å². The highest BCUT2D eigenvalue weighted by molar-refractivity contribution is 7.21. The summed E-state index contributed by atoms with van der Waals surface area (Å²) in [6, 6.07) is 7.65. The van der Waals surface area contributed by atoms with Crippen LogP contribution in [0.15, 0.2) is 29.8 Å². The lowest BCUT2D eigenvalue weighted by atomic mass is 10.1. The molecule has 0 saturated carbocycles. The highest BCUT2D eigenvalue weighted by Crippen LogP contribution is 2.32. The third kappa shape index (κ3) is 2.85. The van der Waals surface area contributed by atoms with Crippen LogP contribution in [0.4, 0.5) is 0 Å². The van der Waals surface area contributed by atoms with Crippen molar-refractivity contribution in [3.05, 3.63) is 50.8 Å². The average Bonchev–Trinajstić information content (AvgIpc) is 3.15. The van der Waals surface area contributed by atoms with E-state index in [1.807, 2.05) is 38.3 Å². The maximum absolute atomic E-state index is 12.7. The van der Waals surface area contributed by atoms with Gasteiger partial charge in [0.25, 0.3) is 5.91 Å². The highest BCUT2D eigenvalue weighted by atomic mass is 32.1. The molecule has 3 rings (SSSR count). The van der Waals surface area contributed by atoms with Crippen molar-refractivity contribution in [2.75, 3.05) is 0 Å². The minimum Gasteiger partial charge on any atom is -0.340 e. The van der Waals surface area contributed by atoms with Gasteiger partial charge in [0.05, 0.1) is 22.0 Å². The Morgan fingerprint density at radius 2 is 2.17 bits per heavy atom. The minimum absolute atomic E-state index is 0.109. The van der Waals surface area contributed by atoms with Crippen molar-refractivity contribution in [3.63, 3.8) is 0 Å². The lowest BCUT2D eigenvalue weighted by Crippen LogP contribution is -2.40. The molecule has 0 radical (unpaired) electrons. The summed E-state index contributed by atoms with van der Waals surface area (Å²) in [6.07, 6.45) is 1.74. The van der Waals surface area contributed by atoms with Crippen LogP contribution >= 0.6 is 22.7 Å². The predicted octanol–water partition coefficient (Wildman–Crippen LogP) is 4.20. The topological polar surface area (TPSA) is 65.8 Å². The molecule has 0 bridgehead atoms. The second-order valence-corrected chi connectivity index (χ2v) is 7.74. The first kappa shape index (κ1) is 15.7. The number of benzene rings is 1. The van der Waals surface area contributed by atoms with E-state index in [0.717, 1.165) is 20.7 Å². The van der Waals surface area contributed by atoms with Gasteiger partial charge >= 0.3 is 0 Å². The summed E-state index contributed by atoms with van der Waals surface area (Å²) < 4.78 is 1.01. The molecule has 2 aromatic heterocycles. The van der Waals surface area contributed by atoms with Gasteiger partial charge in [0.1, 0.15) is 5.01 Å². The van der Waals surface area contributed by atoms with Gasteiger partial charge in [-0.25, -0.2) is 4.98 Å². The molecule has 116 valence electrons. The Balaban J connectivity index is 1.95. The molecular weight excluding hydrogens is 326 g/mol. The maximum atomic E-state index is 12.7. The summed E-state index contributed by atoms with van der Waals surface area (Å²) in [7, 11) is 0. The Kier molecular flexibility index (Phi) is 3.92. The molecule has 4 nitrogen and oxygen atoms in total. The van der Waals surface area contributed by atoms with Crippen LogP contribution in [-0.4, -0.2) is 10.9 Å². The number of aromatic nitrogens is 1. The fourth-order valence-corrected chi connectivity index (χ4v) is 4.24. The molecule has 0 aliphatic carbocycles. The molecule has 3 aromatic rings. The summed E-state index contributed by atoms with van der Waals surface area (Å²) in [4.78, 5) is 17.7. The van der Waals surface area contributed by atoms with E-state index in [1.54, 1.807) is 12.3 Å². The van der Waals surface area contributed by atoms with Crippen molar-refractivity contribution in [1.29, 1.82) is 5.26 Å². The lowest BCUT2D eigenvalue weighted by molar-refractivity contribution is 0.0915. The van der Waals surface area contributed by atoms with Crippen LogP contribution in [-0.2, 0) is 5.54 Å². The molecule has 1 N–H and O–H groups in total. The second kappa shape index (κ2) is 5.76. The van der Waals surface area contributed by atoms with Crippen LogP contribution in [0.5, 0.6) is 0 Å². The monoisotopic (exact) mass is 341 g/mol. The molecule has 0 aliphatic heterocycles. The van der Waals surface area contributed by atoms with Gasteiger partial charge in [-0.15, -0.1) is 22.7 Å². The van der Waals surface area contributed by atoms with Crippen molar-refractivity contribution in [2.45, 2.75) is 26.3 Å². The van der Waals surface area contributed by atoms with E-state index in [1.165, 1.54) is 22.7 Å². The summed E-state index contributed by atoms with van der Waals surface area (Å²) in [5.41, 5.74) is 0.995. The number of aryl methyl sites for hydroxylation is 1. The lowest BCUT2D eigenvalue weighted by Gasteiger charge is -2.23. The highest BCUT2D eigenvalue weighted by Gasteiger charge is 2.27. The number of carbonyl (C=O) groups is 1. The number of rotatable bonds is 3. The largest absolute Gasteiger partial charge is 0.340 e. The molecule has 0 unspecified atom stereocenters. The number of nitrogens with one attached hydrogen (secondary N) is 1. The van der Waals surface area contributed by atoms with Gasteiger partial charge in [-0.1, -0.05) is 0 Å². The van der Waals surface area contributed by atoms with Crippen LogP contribution < -0.4 is 5.32 Å². The van der Waals surface area contributed by atoms with Crippen molar-refractivity contribution in [3.8, 4) is 6.07 Å². The Bertz CT molecular complexity index is 917. The van der Waals surface area contributed by atoms with E-state index >= 15 is 0 Å². The third-order valence-electron chi connectivity index (χ3n) is 3.66. The fourth-order valence-electron chi connectivity index (χ4n) is 2.43. The molecule has 6 heteroatoms. The van der Waals surface area contributed by atoms with Gasteiger partial charge in [-0.05, 0) is 49.9 Å². The van der Waals surface area contributed by atoms with E-state index in [4.69, 9.17) is 5.26 Å². The van der Waals surface area contributed by atoms with Crippen molar-refractivity contribution in [2.24, 2.45) is 0 Å². The Morgan fingerprint density at radius 3 is 2.83 bits per heavy atom. The number of hydrogen-bond acceptors (Lipinski definition) is 5. The molecule has 2 heterocycles. The molecule has 0 atom stereocenters. The number of hydrogen-bond donors (Lipinski definition) is 1. The number of nitriles is 1. The number of amides is 1. The Hall–Kier alpha value is -2.23. The number of thiazole rings is 1. The van der Waals surface area contributed by atoms with Crippen LogP contribution in [0.25, 0.3) is 10.1 Å². The molecule has 0 saturated heterocycles. The number of carbonyl (C=O) groups excluding carboxylic acids is 1. The number of fused-ring (bicyclic) bond motifs is 1. The summed E-state index contributed by atoms with van der Waals surface area (Å²) in [5.74, 6) is -0.109. The van der Waals surface area contributed by atoms with Crippen LogP contribution in [0.1, 0.15) is 39.7 Å². The standard InChI is InChI=1S/C17H15N3OS2/c1-10-12-8-11(9-18)4-5-13(12)23-14(10)15(21)20-17(2,3)16-19-6-7-22-16/h4-8H,1-3H3,(H,20,21). The zero-order chi connectivity index (χ0) is 16.6. The van der Waals surface area contributed by atoms with E-state index in [0.29, 0.717) is 10.4 Å². The first-order valence-corrected chi connectivity index (χ1v) is 8.78. The smallest absolute Gasteiger partial charge is 0.262 e. The van der Waals surface area contributed by atoms with E-state index in [9.17, 15) is 4.79 Å². The van der Waals surface area contributed by atoms with Crippen LogP contribution in [0, 0.1) is 18.3 Å². The molecule has 1 amide bonds. The van der Waals surface area contributed by atoms with Gasteiger partial charge in [-0.2, -0.15) is 5.26 Å². The van der Waals surface area contributed by atoms with Crippen molar-refractivity contribution in [1.82, 2.24) is 10.3 Å². The average molecular weight is 341 g/mol. The van der Waals surface area contributed by atoms with E-state index in [-0.39, 0.29) is 5.91 Å². The zero-order valence-electron chi connectivity index (χ0n) is 13.0. The second-order valence-electron chi connectivity index (χ2n) is 5.80. The first-order valence-electron chi connectivity index (χ1n) is 7.08. The SMILES string of the molecule is Cc1c(C(=O)NC(C)(C)c2nccs2)sc2ccc(C#N)cc12. The summed E-state index contributed by atoms with van der Waals surface area (Å²) in [5, 5.41) is 15.8. The van der Waals surface area contributed by atoms with Crippen LogP contribution in [0.3, 0.4) is 0 Å². The minimum atomic E-state index is -0.522. The van der Waals surface area contributed by atoms with Crippen molar-refractivity contribution < 1.29 is 4.79 Å². The molecule has 0 fully saturated rings. The third-order valence-corrected chi connectivity index (χ3v) is 6.03. The number of nitrogens with zero attached hydrogens (tertiary/aromatic N) is 2. The normalized spacial score (nSPS) is 11.4. The van der Waals surface area contributed by atoms with Gasteiger partial charge < -0.3 is 5.32 Å². The first-order chi connectivity index (χ1) is 10.9. The molecule has 1 aromatic carbocycles. The van der Waals surface area contributed by atoms with Gasteiger partial charge in [0, 0.05) is 16.3 Å². The summed E-state index contributed by atoms with van der Waals surface area (Å²) >= 11 is 2.97. The molecule has 23 heavy (non-hydrogen) atoms. The quantitative estimate of drug-likeness (QED) is 0.776. The maximum Gasteiger partial charge on any atom is 0.262 e. The summed E-state index contributed by atoms with van der Waals surface area (Å²) in [6.45, 7) is 5.81. The number of thiophene rings is 1. The van der Waals surface area contributed by atoms with E-state index < -0.39 is 5.54 Å².